The molecule has 1 aliphatic heterocycles. The molecule has 1 aromatic rings. The molecule has 0 aliphatic carbocycles. The average molecular weight is 318 g/mol. The number of amides is 2. The highest BCUT2D eigenvalue weighted by atomic mass is 16.6. The highest BCUT2D eigenvalue weighted by Gasteiger charge is 2.36. The van der Waals surface area contributed by atoms with Crippen LogP contribution in [-0.2, 0) is 9.53 Å². The third kappa shape index (κ3) is 4.47. The minimum absolute atomic E-state index is 0.151. The van der Waals surface area contributed by atoms with Crippen LogP contribution in [0, 0.1) is 13.8 Å². The van der Waals surface area contributed by atoms with Crippen LogP contribution in [0.3, 0.4) is 0 Å². The summed E-state index contributed by atoms with van der Waals surface area (Å²) in [5.74, 6) is -0.151. The first-order chi connectivity index (χ1) is 10.7. The number of rotatable bonds is 2. The van der Waals surface area contributed by atoms with E-state index in [1.54, 1.807) is 0 Å². The van der Waals surface area contributed by atoms with Gasteiger partial charge in [0, 0.05) is 12.2 Å². The predicted octanol–water partition coefficient (Wildman–Crippen LogP) is 3.64. The molecule has 1 fully saturated rings. The number of ether oxygens (including phenoxy) is 1. The summed E-state index contributed by atoms with van der Waals surface area (Å²) >= 11 is 0. The number of anilines is 1. The van der Waals surface area contributed by atoms with Crippen LogP contribution in [0.4, 0.5) is 10.5 Å². The van der Waals surface area contributed by atoms with Gasteiger partial charge < -0.3 is 10.1 Å². The number of benzene rings is 1. The summed E-state index contributed by atoms with van der Waals surface area (Å²) in [6, 6.07) is 5.46. The lowest BCUT2D eigenvalue weighted by Crippen LogP contribution is -2.45. The van der Waals surface area contributed by atoms with E-state index in [1.807, 2.05) is 52.8 Å². The summed E-state index contributed by atoms with van der Waals surface area (Å²) in [5.41, 5.74) is 2.33. The van der Waals surface area contributed by atoms with E-state index in [0.717, 1.165) is 23.2 Å². The van der Waals surface area contributed by atoms with Gasteiger partial charge in [0.1, 0.15) is 11.6 Å². The third-order valence-corrected chi connectivity index (χ3v) is 3.83. The van der Waals surface area contributed by atoms with Crippen molar-refractivity contribution < 1.29 is 14.3 Å². The molecule has 1 atom stereocenters. The number of carbonyl (C=O) groups is 2. The summed E-state index contributed by atoms with van der Waals surface area (Å²) in [6.07, 6.45) is 1.05. The van der Waals surface area contributed by atoms with E-state index in [-0.39, 0.29) is 5.91 Å². The van der Waals surface area contributed by atoms with Gasteiger partial charge in [-0.2, -0.15) is 0 Å². The van der Waals surface area contributed by atoms with Crippen LogP contribution in [0.1, 0.15) is 44.7 Å². The fourth-order valence-electron chi connectivity index (χ4n) is 2.66. The molecule has 0 spiro atoms. The monoisotopic (exact) mass is 318 g/mol. The van der Waals surface area contributed by atoms with Crippen LogP contribution in [0.2, 0.25) is 0 Å². The van der Waals surface area contributed by atoms with E-state index in [1.165, 1.54) is 4.90 Å². The number of likely N-dealkylation sites (tertiary alicyclic amines) is 1. The molecule has 5 nitrogen and oxygen atoms in total. The minimum atomic E-state index is -0.562. The smallest absolute Gasteiger partial charge is 0.410 e. The second-order valence-electron chi connectivity index (χ2n) is 7.14. The lowest BCUT2D eigenvalue weighted by atomic mass is 10.1. The summed E-state index contributed by atoms with van der Waals surface area (Å²) < 4.78 is 5.40. The summed E-state index contributed by atoms with van der Waals surface area (Å²) in [4.78, 5) is 26.4. The zero-order valence-corrected chi connectivity index (χ0v) is 14.6. The molecule has 0 radical (unpaired) electrons. The molecule has 126 valence electrons. The largest absolute Gasteiger partial charge is 0.444 e. The Morgan fingerprint density at radius 3 is 2.61 bits per heavy atom. The van der Waals surface area contributed by atoms with Crippen LogP contribution < -0.4 is 5.32 Å². The molecule has 1 heterocycles. The van der Waals surface area contributed by atoms with Crippen LogP contribution in [0.25, 0.3) is 0 Å². The number of nitrogens with one attached hydrogen (secondary N) is 1. The number of aryl methyl sites for hydroxylation is 2. The quantitative estimate of drug-likeness (QED) is 0.905. The highest BCUT2D eigenvalue weighted by Crippen LogP contribution is 2.23. The van der Waals surface area contributed by atoms with Crippen molar-refractivity contribution in [3.63, 3.8) is 0 Å². The van der Waals surface area contributed by atoms with E-state index >= 15 is 0 Å². The van der Waals surface area contributed by atoms with Gasteiger partial charge in [0.05, 0.1) is 0 Å². The maximum atomic E-state index is 12.6. The Labute approximate surface area is 138 Å². The van der Waals surface area contributed by atoms with Crippen molar-refractivity contribution in [2.45, 2.75) is 59.1 Å². The van der Waals surface area contributed by atoms with E-state index in [0.29, 0.717) is 13.0 Å². The van der Waals surface area contributed by atoms with Crippen LogP contribution in [-0.4, -0.2) is 35.1 Å². The number of hydrogen-bond acceptors (Lipinski definition) is 3. The molecule has 2 rings (SSSR count). The molecule has 0 unspecified atom stereocenters. The van der Waals surface area contributed by atoms with E-state index < -0.39 is 17.7 Å². The maximum Gasteiger partial charge on any atom is 0.410 e. The van der Waals surface area contributed by atoms with Gasteiger partial charge in [0.25, 0.3) is 0 Å². The summed E-state index contributed by atoms with van der Waals surface area (Å²) in [6.45, 7) is 9.97. The Morgan fingerprint density at radius 2 is 1.96 bits per heavy atom. The van der Waals surface area contributed by atoms with Crippen molar-refractivity contribution in [1.29, 1.82) is 0 Å². The minimum Gasteiger partial charge on any atom is -0.444 e. The first kappa shape index (κ1) is 17.3. The topological polar surface area (TPSA) is 58.6 Å². The molecule has 5 heteroatoms. The van der Waals surface area contributed by atoms with Gasteiger partial charge in [0.15, 0.2) is 0 Å². The van der Waals surface area contributed by atoms with Crippen molar-refractivity contribution >= 4 is 17.7 Å². The zero-order chi connectivity index (χ0) is 17.2. The van der Waals surface area contributed by atoms with Crippen molar-refractivity contribution in [3.8, 4) is 0 Å². The van der Waals surface area contributed by atoms with E-state index in [9.17, 15) is 9.59 Å². The van der Waals surface area contributed by atoms with Gasteiger partial charge in [-0.25, -0.2) is 4.79 Å². The summed E-state index contributed by atoms with van der Waals surface area (Å²) in [7, 11) is 0. The molecular formula is C18H26N2O3. The van der Waals surface area contributed by atoms with E-state index in [4.69, 9.17) is 4.74 Å². The van der Waals surface area contributed by atoms with Crippen molar-refractivity contribution in [3.05, 3.63) is 29.3 Å². The average Bonchev–Trinajstić information content (AvgIpc) is 2.90. The first-order valence-corrected chi connectivity index (χ1v) is 8.05. The molecule has 0 bridgehead atoms. The van der Waals surface area contributed by atoms with Gasteiger partial charge in [-0.15, -0.1) is 0 Å². The summed E-state index contributed by atoms with van der Waals surface area (Å²) in [5, 5.41) is 2.95. The molecule has 1 aromatic carbocycles. The highest BCUT2D eigenvalue weighted by molar-refractivity contribution is 5.97. The number of hydrogen-bond donors (Lipinski definition) is 1. The Kier molecular flexibility index (Phi) is 4.97. The second-order valence-corrected chi connectivity index (χ2v) is 7.14. The normalized spacial score (nSPS) is 18.0. The molecule has 2 amide bonds. The molecule has 0 aromatic heterocycles. The van der Waals surface area contributed by atoms with Gasteiger partial charge >= 0.3 is 6.09 Å². The SMILES string of the molecule is Cc1ccc(C)c(NC(=O)[C@@H]2CCCN2C(=O)OC(C)(C)C)c1. The Bertz CT molecular complexity index is 605. The van der Waals surface area contributed by atoms with Gasteiger partial charge in [-0.1, -0.05) is 12.1 Å². The molecule has 1 aliphatic rings. The van der Waals surface area contributed by atoms with Gasteiger partial charge in [0.2, 0.25) is 5.91 Å². The molecule has 0 saturated carbocycles. The lowest BCUT2D eigenvalue weighted by Gasteiger charge is -2.28. The van der Waals surface area contributed by atoms with Gasteiger partial charge in [-0.05, 0) is 64.7 Å². The van der Waals surface area contributed by atoms with Gasteiger partial charge in [-0.3, -0.25) is 9.69 Å². The fourth-order valence-corrected chi connectivity index (χ4v) is 2.66. The first-order valence-electron chi connectivity index (χ1n) is 8.05. The van der Waals surface area contributed by atoms with Crippen molar-refractivity contribution in [2.24, 2.45) is 0 Å². The fraction of sp³-hybridized carbons (Fsp3) is 0.556. The second kappa shape index (κ2) is 6.60. The third-order valence-electron chi connectivity index (χ3n) is 3.83. The molecular weight excluding hydrogens is 292 g/mol. The Morgan fingerprint density at radius 1 is 1.26 bits per heavy atom. The molecule has 1 N–H and O–H groups in total. The Balaban J connectivity index is 2.08. The standard InChI is InChI=1S/C18H26N2O3/c1-12-8-9-13(2)14(11-12)19-16(21)15-7-6-10-20(15)17(22)23-18(3,4)5/h8-9,11,15H,6-7,10H2,1-5H3,(H,19,21)/t15-/m0/s1. The number of carbonyl (C=O) groups excluding carboxylic acids is 2. The molecule has 23 heavy (non-hydrogen) atoms. The molecule has 1 saturated heterocycles. The lowest BCUT2D eigenvalue weighted by molar-refractivity contribution is -0.120. The predicted molar refractivity (Wildman–Crippen MR) is 90.5 cm³/mol. The van der Waals surface area contributed by atoms with Crippen LogP contribution >= 0.6 is 0 Å². The van der Waals surface area contributed by atoms with Crippen molar-refractivity contribution in [1.82, 2.24) is 4.90 Å². The van der Waals surface area contributed by atoms with Crippen LogP contribution in [0.15, 0.2) is 18.2 Å². The Hall–Kier alpha value is -2.04. The zero-order valence-electron chi connectivity index (χ0n) is 14.6. The van der Waals surface area contributed by atoms with Crippen LogP contribution in [0.5, 0.6) is 0 Å². The maximum absolute atomic E-state index is 12.6. The van der Waals surface area contributed by atoms with Crippen molar-refractivity contribution in [2.75, 3.05) is 11.9 Å². The number of nitrogens with zero attached hydrogens (tertiary/aromatic N) is 1. The van der Waals surface area contributed by atoms with E-state index in [2.05, 4.69) is 5.32 Å².